The molecule has 1 N–H and O–H groups in total. The summed E-state index contributed by atoms with van der Waals surface area (Å²) in [7, 11) is 0. The SMILES string of the molecule is O=C(CSc1nncs1)Nc1ccccc1SC(F)F. The Morgan fingerprint density at radius 2 is 2.20 bits per heavy atom. The second kappa shape index (κ2) is 7.55. The van der Waals surface area contributed by atoms with Gasteiger partial charge in [-0.25, -0.2) is 0 Å². The molecule has 106 valence electrons. The van der Waals surface area contributed by atoms with Crippen LogP contribution in [0.3, 0.4) is 0 Å². The molecule has 0 spiro atoms. The average molecular weight is 333 g/mol. The molecule has 0 atom stereocenters. The van der Waals surface area contributed by atoms with Crippen LogP contribution in [0.1, 0.15) is 0 Å². The molecular weight excluding hydrogens is 324 g/mol. The minimum atomic E-state index is -2.52. The van der Waals surface area contributed by atoms with Gasteiger partial charge >= 0.3 is 0 Å². The van der Waals surface area contributed by atoms with Gasteiger partial charge in [0.2, 0.25) is 5.91 Å². The molecule has 0 bridgehead atoms. The zero-order chi connectivity index (χ0) is 14.4. The summed E-state index contributed by atoms with van der Waals surface area (Å²) in [5.74, 6) is -2.64. The number of carbonyl (C=O) groups is 1. The van der Waals surface area contributed by atoms with Crippen molar-refractivity contribution < 1.29 is 13.6 Å². The highest BCUT2D eigenvalue weighted by molar-refractivity contribution is 8.01. The zero-order valence-corrected chi connectivity index (χ0v) is 12.4. The summed E-state index contributed by atoms with van der Waals surface area (Å²) in [5, 5.41) is 10.1. The van der Waals surface area contributed by atoms with Gasteiger partial charge in [0.25, 0.3) is 5.76 Å². The minimum absolute atomic E-state index is 0.156. The molecule has 4 nitrogen and oxygen atoms in total. The summed E-state index contributed by atoms with van der Waals surface area (Å²) in [6, 6.07) is 6.47. The van der Waals surface area contributed by atoms with Crippen molar-refractivity contribution in [2.24, 2.45) is 0 Å². The Balaban J connectivity index is 1.93. The van der Waals surface area contributed by atoms with E-state index >= 15 is 0 Å². The van der Waals surface area contributed by atoms with E-state index in [9.17, 15) is 13.6 Å². The van der Waals surface area contributed by atoms with E-state index in [2.05, 4.69) is 15.5 Å². The van der Waals surface area contributed by atoms with Crippen molar-refractivity contribution in [2.45, 2.75) is 15.0 Å². The smallest absolute Gasteiger partial charge is 0.288 e. The van der Waals surface area contributed by atoms with Crippen LogP contribution < -0.4 is 5.32 Å². The van der Waals surface area contributed by atoms with Crippen molar-refractivity contribution in [3.63, 3.8) is 0 Å². The highest BCUT2D eigenvalue weighted by atomic mass is 32.2. The number of amides is 1. The number of nitrogens with one attached hydrogen (secondary N) is 1. The Morgan fingerprint density at radius 3 is 2.90 bits per heavy atom. The van der Waals surface area contributed by atoms with Gasteiger partial charge in [0, 0.05) is 4.90 Å². The third-order valence-corrected chi connectivity index (χ3v) is 4.69. The lowest BCUT2D eigenvalue weighted by atomic mass is 10.3. The predicted octanol–water partition coefficient (Wildman–Crippen LogP) is 3.58. The summed E-state index contributed by atoms with van der Waals surface area (Å²) < 4.78 is 25.5. The van der Waals surface area contributed by atoms with Crippen molar-refractivity contribution in [3.05, 3.63) is 29.8 Å². The Kier molecular flexibility index (Phi) is 5.74. The number of carbonyl (C=O) groups excluding carboxylic acids is 1. The van der Waals surface area contributed by atoms with Crippen LogP contribution in [-0.2, 0) is 4.79 Å². The van der Waals surface area contributed by atoms with E-state index in [-0.39, 0.29) is 11.7 Å². The van der Waals surface area contributed by atoms with E-state index in [0.29, 0.717) is 26.7 Å². The molecule has 2 rings (SSSR count). The first kappa shape index (κ1) is 15.2. The number of para-hydroxylation sites is 1. The maximum Gasteiger partial charge on any atom is 0.288 e. The van der Waals surface area contributed by atoms with Crippen molar-refractivity contribution in [1.82, 2.24) is 10.2 Å². The molecule has 0 aliphatic heterocycles. The lowest BCUT2D eigenvalue weighted by Crippen LogP contribution is -2.14. The van der Waals surface area contributed by atoms with Gasteiger partial charge in [-0.05, 0) is 12.1 Å². The topological polar surface area (TPSA) is 54.9 Å². The molecule has 0 radical (unpaired) electrons. The lowest BCUT2D eigenvalue weighted by molar-refractivity contribution is -0.113. The van der Waals surface area contributed by atoms with Gasteiger partial charge in [0.15, 0.2) is 4.34 Å². The number of thioether (sulfide) groups is 2. The molecule has 1 amide bonds. The van der Waals surface area contributed by atoms with Crippen LogP contribution in [0.25, 0.3) is 0 Å². The predicted molar refractivity (Wildman–Crippen MR) is 77.6 cm³/mol. The molecule has 0 aliphatic carbocycles. The number of aromatic nitrogens is 2. The summed E-state index contributed by atoms with van der Waals surface area (Å²) in [5.41, 5.74) is 1.97. The van der Waals surface area contributed by atoms with Gasteiger partial charge < -0.3 is 5.32 Å². The summed E-state index contributed by atoms with van der Waals surface area (Å²) in [6.45, 7) is 0. The zero-order valence-electron chi connectivity index (χ0n) is 9.95. The van der Waals surface area contributed by atoms with Crippen molar-refractivity contribution in [3.8, 4) is 0 Å². The maximum absolute atomic E-state index is 12.4. The number of halogens is 2. The molecule has 0 aliphatic rings. The Hall–Kier alpha value is -1.19. The molecule has 0 saturated carbocycles. The fraction of sp³-hybridized carbons (Fsp3) is 0.182. The van der Waals surface area contributed by atoms with E-state index in [1.807, 2.05) is 0 Å². The van der Waals surface area contributed by atoms with Crippen molar-refractivity contribution in [1.29, 1.82) is 0 Å². The summed E-state index contributed by atoms with van der Waals surface area (Å²) in [4.78, 5) is 12.1. The van der Waals surface area contributed by atoms with Gasteiger partial charge in [0.05, 0.1) is 11.4 Å². The first-order valence-electron chi connectivity index (χ1n) is 5.38. The van der Waals surface area contributed by atoms with Gasteiger partial charge in [0.1, 0.15) is 5.51 Å². The number of anilines is 1. The standard InChI is InChI=1S/C11H9F2N3OS3/c12-10(13)20-8-4-2-1-3-7(8)15-9(17)5-18-11-16-14-6-19-11/h1-4,6,10H,5H2,(H,15,17). The number of alkyl halides is 2. The molecule has 0 saturated heterocycles. The molecule has 20 heavy (non-hydrogen) atoms. The van der Waals surface area contributed by atoms with Gasteiger partial charge in [-0.2, -0.15) is 8.78 Å². The van der Waals surface area contributed by atoms with Gasteiger partial charge in [-0.3, -0.25) is 4.79 Å². The minimum Gasteiger partial charge on any atom is -0.324 e. The third-order valence-electron chi connectivity index (χ3n) is 2.04. The van der Waals surface area contributed by atoms with Crippen LogP contribution in [0.4, 0.5) is 14.5 Å². The van der Waals surface area contributed by atoms with Crippen molar-refractivity contribution in [2.75, 3.05) is 11.1 Å². The average Bonchev–Trinajstić information content (AvgIpc) is 2.91. The van der Waals surface area contributed by atoms with E-state index in [4.69, 9.17) is 0 Å². The number of nitrogens with zero attached hydrogens (tertiary/aromatic N) is 2. The third kappa shape index (κ3) is 4.73. The lowest BCUT2D eigenvalue weighted by Gasteiger charge is -2.09. The fourth-order valence-corrected chi connectivity index (χ4v) is 3.19. The maximum atomic E-state index is 12.4. The number of benzene rings is 1. The molecule has 9 heteroatoms. The van der Waals surface area contributed by atoms with Crippen LogP contribution in [-0.4, -0.2) is 27.6 Å². The quantitative estimate of drug-likeness (QED) is 0.819. The van der Waals surface area contributed by atoms with Gasteiger partial charge in [-0.1, -0.05) is 47.0 Å². The van der Waals surface area contributed by atoms with E-state index in [1.165, 1.54) is 23.1 Å². The second-order valence-electron chi connectivity index (χ2n) is 3.42. The molecule has 1 heterocycles. The molecular formula is C11H9F2N3OS3. The Morgan fingerprint density at radius 1 is 1.40 bits per heavy atom. The molecule has 0 fully saturated rings. The molecule has 1 aromatic carbocycles. The summed E-state index contributed by atoms with van der Waals surface area (Å²) in [6.07, 6.45) is 0. The summed E-state index contributed by atoms with van der Waals surface area (Å²) >= 11 is 3.00. The first-order chi connectivity index (χ1) is 9.65. The van der Waals surface area contributed by atoms with Crippen LogP contribution >= 0.6 is 34.9 Å². The van der Waals surface area contributed by atoms with Crippen molar-refractivity contribution >= 4 is 46.5 Å². The first-order valence-corrected chi connectivity index (χ1v) is 8.12. The van der Waals surface area contributed by atoms with E-state index in [0.717, 1.165) is 0 Å². The highest BCUT2D eigenvalue weighted by Crippen LogP contribution is 2.31. The monoisotopic (exact) mass is 333 g/mol. The Labute approximate surface area is 126 Å². The number of rotatable bonds is 6. The molecule has 2 aromatic rings. The normalized spacial score (nSPS) is 10.8. The van der Waals surface area contributed by atoms with Crippen LogP contribution in [0, 0.1) is 0 Å². The Bertz CT molecular complexity index is 566. The van der Waals surface area contributed by atoms with Crippen LogP contribution in [0.2, 0.25) is 0 Å². The second-order valence-corrected chi connectivity index (χ2v) is 6.50. The van der Waals surface area contributed by atoms with E-state index in [1.54, 1.807) is 29.8 Å². The van der Waals surface area contributed by atoms with Gasteiger partial charge in [-0.15, -0.1) is 10.2 Å². The number of hydrogen-bond acceptors (Lipinski definition) is 6. The van der Waals surface area contributed by atoms with Crippen LogP contribution in [0.5, 0.6) is 0 Å². The molecule has 1 aromatic heterocycles. The van der Waals surface area contributed by atoms with E-state index < -0.39 is 5.76 Å². The largest absolute Gasteiger partial charge is 0.324 e. The number of hydrogen-bond donors (Lipinski definition) is 1. The molecule has 0 unspecified atom stereocenters. The van der Waals surface area contributed by atoms with Crippen LogP contribution in [0.15, 0.2) is 39.0 Å². The highest BCUT2D eigenvalue weighted by Gasteiger charge is 2.12. The fourth-order valence-electron chi connectivity index (χ4n) is 1.31.